The Hall–Kier alpha value is -1.16. The lowest BCUT2D eigenvalue weighted by Crippen LogP contribution is -2.24. The summed E-state index contributed by atoms with van der Waals surface area (Å²) < 4.78 is 5.31. The molecular weight excluding hydrogens is 222 g/mol. The maximum absolute atomic E-state index is 11.9. The van der Waals surface area contributed by atoms with Crippen LogP contribution in [0.3, 0.4) is 0 Å². The summed E-state index contributed by atoms with van der Waals surface area (Å²) in [5.74, 6) is -0.366. The molecule has 0 bridgehead atoms. The Bertz CT molecular complexity index is 396. The van der Waals surface area contributed by atoms with Crippen LogP contribution in [0.15, 0.2) is 23.1 Å². The highest BCUT2D eigenvalue weighted by molar-refractivity contribution is 7.98. The number of rotatable bonds is 2. The second-order valence-corrected chi connectivity index (χ2v) is 5.27. The molecule has 16 heavy (non-hydrogen) atoms. The van der Waals surface area contributed by atoms with Crippen LogP contribution in [0.2, 0.25) is 0 Å². The van der Waals surface area contributed by atoms with Crippen molar-refractivity contribution in [2.24, 2.45) is 0 Å². The van der Waals surface area contributed by atoms with Crippen LogP contribution < -0.4 is 5.73 Å². The second-order valence-electron chi connectivity index (χ2n) is 4.43. The van der Waals surface area contributed by atoms with E-state index in [0.717, 1.165) is 4.90 Å². The van der Waals surface area contributed by atoms with E-state index < -0.39 is 5.60 Å². The quantitative estimate of drug-likeness (QED) is 0.490. The van der Waals surface area contributed by atoms with Gasteiger partial charge >= 0.3 is 5.97 Å². The van der Waals surface area contributed by atoms with Crippen molar-refractivity contribution in [1.82, 2.24) is 0 Å². The zero-order valence-electron chi connectivity index (χ0n) is 10.0. The first-order chi connectivity index (χ1) is 7.35. The molecule has 0 radical (unpaired) electrons. The third-order valence-corrected chi connectivity index (χ3v) is 2.66. The Labute approximate surface area is 100 Å². The van der Waals surface area contributed by atoms with Gasteiger partial charge in [-0.2, -0.15) is 0 Å². The third-order valence-electron chi connectivity index (χ3n) is 1.88. The SMILES string of the molecule is CSc1cccc(N)c1C(=O)OC(C)(C)C. The van der Waals surface area contributed by atoms with E-state index in [0.29, 0.717) is 11.3 Å². The van der Waals surface area contributed by atoms with Crippen LogP contribution in [0.5, 0.6) is 0 Å². The minimum Gasteiger partial charge on any atom is -0.456 e. The van der Waals surface area contributed by atoms with Crippen molar-refractivity contribution in [3.63, 3.8) is 0 Å². The van der Waals surface area contributed by atoms with Crippen LogP contribution in [0, 0.1) is 0 Å². The number of hydrogen-bond acceptors (Lipinski definition) is 4. The predicted molar refractivity (Wildman–Crippen MR) is 67.8 cm³/mol. The average molecular weight is 239 g/mol. The number of esters is 1. The predicted octanol–water partition coefficient (Wildman–Crippen LogP) is 2.95. The standard InChI is InChI=1S/C12H17NO2S/c1-12(2,3)15-11(14)10-8(13)6-5-7-9(10)16-4/h5-7H,13H2,1-4H3. The number of hydrogen-bond donors (Lipinski definition) is 1. The number of ether oxygens (including phenoxy) is 1. The normalized spacial score (nSPS) is 11.2. The Balaban J connectivity index is 3.08. The van der Waals surface area contributed by atoms with Gasteiger partial charge in [0.2, 0.25) is 0 Å². The maximum atomic E-state index is 11.9. The van der Waals surface area contributed by atoms with Gasteiger partial charge in [-0.3, -0.25) is 0 Å². The van der Waals surface area contributed by atoms with Crippen LogP contribution in [0.25, 0.3) is 0 Å². The van der Waals surface area contributed by atoms with Gasteiger partial charge in [0.25, 0.3) is 0 Å². The molecule has 0 atom stereocenters. The first kappa shape index (κ1) is 12.9. The topological polar surface area (TPSA) is 52.3 Å². The summed E-state index contributed by atoms with van der Waals surface area (Å²) in [6.45, 7) is 5.51. The number of nitrogens with two attached hydrogens (primary N) is 1. The zero-order valence-corrected chi connectivity index (χ0v) is 10.9. The van der Waals surface area contributed by atoms with Crippen LogP contribution in [0.4, 0.5) is 5.69 Å². The van der Waals surface area contributed by atoms with E-state index in [1.165, 1.54) is 11.8 Å². The van der Waals surface area contributed by atoms with Crippen molar-refractivity contribution < 1.29 is 9.53 Å². The molecule has 0 saturated carbocycles. The summed E-state index contributed by atoms with van der Waals surface area (Å²) >= 11 is 1.48. The molecule has 88 valence electrons. The third kappa shape index (κ3) is 3.17. The molecule has 0 fully saturated rings. The first-order valence-electron chi connectivity index (χ1n) is 5.01. The van der Waals surface area contributed by atoms with E-state index in [1.807, 2.05) is 39.2 Å². The highest BCUT2D eigenvalue weighted by Gasteiger charge is 2.22. The smallest absolute Gasteiger partial charge is 0.341 e. The van der Waals surface area contributed by atoms with Crippen molar-refractivity contribution in [2.45, 2.75) is 31.3 Å². The molecule has 3 nitrogen and oxygen atoms in total. The number of anilines is 1. The van der Waals surface area contributed by atoms with Crippen molar-refractivity contribution in [3.8, 4) is 0 Å². The Morgan fingerprint density at radius 1 is 1.38 bits per heavy atom. The number of nitrogen functional groups attached to an aromatic ring is 1. The minimum absolute atomic E-state index is 0.366. The lowest BCUT2D eigenvalue weighted by atomic mass is 10.1. The largest absolute Gasteiger partial charge is 0.456 e. The van der Waals surface area contributed by atoms with E-state index in [1.54, 1.807) is 6.07 Å². The highest BCUT2D eigenvalue weighted by Crippen LogP contribution is 2.27. The van der Waals surface area contributed by atoms with E-state index in [4.69, 9.17) is 10.5 Å². The molecule has 4 heteroatoms. The average Bonchev–Trinajstić information content (AvgIpc) is 2.14. The Morgan fingerprint density at radius 2 is 2.00 bits per heavy atom. The number of benzene rings is 1. The fraction of sp³-hybridized carbons (Fsp3) is 0.417. The minimum atomic E-state index is -0.505. The monoisotopic (exact) mass is 239 g/mol. The van der Waals surface area contributed by atoms with Gasteiger partial charge in [0, 0.05) is 10.6 Å². The summed E-state index contributed by atoms with van der Waals surface area (Å²) in [7, 11) is 0. The van der Waals surface area contributed by atoms with Crippen LogP contribution in [-0.4, -0.2) is 17.8 Å². The van der Waals surface area contributed by atoms with Gasteiger partial charge in [-0.1, -0.05) is 6.07 Å². The van der Waals surface area contributed by atoms with Gasteiger partial charge < -0.3 is 10.5 Å². The lowest BCUT2D eigenvalue weighted by molar-refractivity contribution is 0.00669. The van der Waals surface area contributed by atoms with Crippen molar-refractivity contribution in [3.05, 3.63) is 23.8 Å². The van der Waals surface area contributed by atoms with Gasteiger partial charge in [-0.25, -0.2) is 4.79 Å². The molecule has 0 aliphatic carbocycles. The molecule has 1 rings (SSSR count). The molecule has 2 N–H and O–H groups in total. The van der Waals surface area contributed by atoms with Crippen LogP contribution in [0.1, 0.15) is 31.1 Å². The molecule has 0 unspecified atom stereocenters. The van der Waals surface area contributed by atoms with E-state index >= 15 is 0 Å². The summed E-state index contributed by atoms with van der Waals surface area (Å²) in [6, 6.07) is 5.40. The molecule has 0 aliphatic heterocycles. The molecule has 0 spiro atoms. The van der Waals surface area contributed by atoms with Crippen LogP contribution in [-0.2, 0) is 4.74 Å². The molecule has 1 aromatic carbocycles. The molecular formula is C12H17NO2S. The molecule has 0 heterocycles. The Morgan fingerprint density at radius 3 is 2.50 bits per heavy atom. The molecule has 1 aromatic rings. The fourth-order valence-corrected chi connectivity index (χ4v) is 1.89. The summed E-state index contributed by atoms with van der Waals surface area (Å²) in [5.41, 5.74) is 6.22. The summed E-state index contributed by atoms with van der Waals surface area (Å²) in [6.07, 6.45) is 1.91. The van der Waals surface area contributed by atoms with Crippen molar-refractivity contribution >= 4 is 23.4 Å². The van der Waals surface area contributed by atoms with Crippen molar-refractivity contribution in [1.29, 1.82) is 0 Å². The molecule has 0 aromatic heterocycles. The van der Waals surface area contributed by atoms with Gasteiger partial charge in [-0.05, 0) is 39.2 Å². The maximum Gasteiger partial charge on any atom is 0.341 e. The summed E-state index contributed by atoms with van der Waals surface area (Å²) in [4.78, 5) is 12.8. The molecule has 0 aliphatic rings. The highest BCUT2D eigenvalue weighted by atomic mass is 32.2. The van der Waals surface area contributed by atoms with Crippen LogP contribution >= 0.6 is 11.8 Å². The van der Waals surface area contributed by atoms with E-state index in [-0.39, 0.29) is 5.97 Å². The molecule has 0 saturated heterocycles. The summed E-state index contributed by atoms with van der Waals surface area (Å²) in [5, 5.41) is 0. The van der Waals surface area contributed by atoms with Crippen molar-refractivity contribution in [2.75, 3.05) is 12.0 Å². The van der Waals surface area contributed by atoms with E-state index in [9.17, 15) is 4.79 Å². The van der Waals surface area contributed by atoms with Gasteiger partial charge in [0.15, 0.2) is 0 Å². The zero-order chi connectivity index (χ0) is 12.3. The second kappa shape index (κ2) is 4.78. The molecule has 0 amide bonds. The van der Waals surface area contributed by atoms with Gasteiger partial charge in [-0.15, -0.1) is 11.8 Å². The van der Waals surface area contributed by atoms with Gasteiger partial charge in [0.1, 0.15) is 5.60 Å². The fourth-order valence-electron chi connectivity index (χ4n) is 1.27. The first-order valence-corrected chi connectivity index (χ1v) is 6.23. The van der Waals surface area contributed by atoms with Gasteiger partial charge in [0.05, 0.1) is 5.56 Å². The van der Waals surface area contributed by atoms with E-state index in [2.05, 4.69) is 0 Å². The number of carbonyl (C=O) groups excluding carboxylic acids is 1. The number of carbonyl (C=O) groups is 1. The number of thioether (sulfide) groups is 1. The Kier molecular flexibility index (Phi) is 3.86. The lowest BCUT2D eigenvalue weighted by Gasteiger charge is -2.20.